The van der Waals surface area contributed by atoms with Crippen LogP contribution in [0.2, 0.25) is 0 Å². The Hall–Kier alpha value is -3.15. The van der Waals surface area contributed by atoms with Crippen molar-refractivity contribution in [2.75, 3.05) is 6.54 Å². The number of carbonyl (C=O) groups excluding carboxylic acids is 2. The van der Waals surface area contributed by atoms with E-state index in [-0.39, 0.29) is 6.54 Å². The number of pyridine rings is 1. The summed E-state index contributed by atoms with van der Waals surface area (Å²) >= 11 is 0. The number of fused-ring (bicyclic) bond motifs is 1. The van der Waals surface area contributed by atoms with E-state index in [2.05, 4.69) is 20.6 Å². The molecule has 0 aliphatic carbocycles. The van der Waals surface area contributed by atoms with E-state index in [1.807, 2.05) is 36.5 Å². The first kappa shape index (κ1) is 15.7. The Labute approximate surface area is 139 Å². The molecule has 24 heavy (non-hydrogen) atoms. The van der Waals surface area contributed by atoms with Gasteiger partial charge < -0.3 is 15.6 Å². The van der Waals surface area contributed by atoms with E-state index in [9.17, 15) is 9.59 Å². The standard InChI is InChI=1S/C18H18N4O2/c23-17(18(24)22-12-14-5-3-4-9-19-14)20-10-8-13-11-21-16-7-2-1-6-15(13)16/h1-7,9,11,21H,8,10,12H2,(H,20,23)(H,22,24). The Morgan fingerprint density at radius 3 is 2.62 bits per heavy atom. The number of aromatic amines is 1. The second kappa shape index (κ2) is 7.41. The van der Waals surface area contributed by atoms with Gasteiger partial charge >= 0.3 is 11.8 Å². The number of rotatable bonds is 5. The van der Waals surface area contributed by atoms with Crippen LogP contribution in [-0.4, -0.2) is 28.3 Å². The molecule has 3 N–H and O–H groups in total. The third-order valence-electron chi connectivity index (χ3n) is 3.72. The summed E-state index contributed by atoms with van der Waals surface area (Å²) in [6.07, 6.45) is 4.23. The molecule has 2 aromatic heterocycles. The Morgan fingerprint density at radius 2 is 1.79 bits per heavy atom. The van der Waals surface area contributed by atoms with Gasteiger partial charge in [0.2, 0.25) is 0 Å². The minimum Gasteiger partial charge on any atom is -0.361 e. The molecule has 0 saturated heterocycles. The van der Waals surface area contributed by atoms with Gasteiger partial charge in [-0.3, -0.25) is 14.6 Å². The zero-order valence-corrected chi connectivity index (χ0v) is 13.1. The summed E-state index contributed by atoms with van der Waals surface area (Å²) in [7, 11) is 0. The highest BCUT2D eigenvalue weighted by Gasteiger charge is 2.13. The maximum Gasteiger partial charge on any atom is 0.309 e. The van der Waals surface area contributed by atoms with Crippen molar-refractivity contribution in [1.82, 2.24) is 20.6 Å². The highest BCUT2D eigenvalue weighted by Crippen LogP contribution is 2.17. The SMILES string of the molecule is O=C(NCCc1c[nH]c2ccccc12)C(=O)NCc1ccccn1. The summed E-state index contributed by atoms with van der Waals surface area (Å²) in [6, 6.07) is 13.4. The predicted octanol–water partition coefficient (Wildman–Crippen LogP) is 1.54. The molecule has 3 aromatic rings. The normalized spacial score (nSPS) is 10.5. The summed E-state index contributed by atoms with van der Waals surface area (Å²) in [4.78, 5) is 30.8. The van der Waals surface area contributed by atoms with E-state index in [0.717, 1.165) is 16.5 Å². The van der Waals surface area contributed by atoms with Gasteiger partial charge in [0.1, 0.15) is 0 Å². The van der Waals surface area contributed by atoms with Gasteiger partial charge in [0.25, 0.3) is 0 Å². The third-order valence-corrected chi connectivity index (χ3v) is 3.72. The second-order valence-electron chi connectivity index (χ2n) is 5.37. The van der Waals surface area contributed by atoms with Crippen molar-refractivity contribution < 1.29 is 9.59 Å². The van der Waals surface area contributed by atoms with Gasteiger partial charge in [0.05, 0.1) is 12.2 Å². The molecule has 0 aliphatic heterocycles. The molecule has 0 aliphatic rings. The van der Waals surface area contributed by atoms with Crippen LogP contribution >= 0.6 is 0 Å². The maximum atomic E-state index is 11.8. The number of nitrogens with zero attached hydrogens (tertiary/aromatic N) is 1. The fourth-order valence-corrected chi connectivity index (χ4v) is 2.48. The molecule has 3 rings (SSSR count). The van der Waals surface area contributed by atoms with E-state index < -0.39 is 11.8 Å². The van der Waals surface area contributed by atoms with Gasteiger partial charge in [-0.1, -0.05) is 24.3 Å². The Morgan fingerprint density at radius 1 is 1.00 bits per heavy atom. The molecule has 0 unspecified atom stereocenters. The number of hydrogen-bond donors (Lipinski definition) is 3. The minimum atomic E-state index is -0.653. The topological polar surface area (TPSA) is 86.9 Å². The van der Waals surface area contributed by atoms with E-state index in [1.165, 1.54) is 0 Å². The van der Waals surface area contributed by atoms with Crippen LogP contribution in [0.15, 0.2) is 54.9 Å². The molecule has 0 bridgehead atoms. The van der Waals surface area contributed by atoms with Gasteiger partial charge in [0, 0.05) is 29.8 Å². The molecule has 6 nitrogen and oxygen atoms in total. The van der Waals surface area contributed by atoms with E-state index in [0.29, 0.717) is 18.7 Å². The number of nitrogens with one attached hydrogen (secondary N) is 3. The fraction of sp³-hybridized carbons (Fsp3) is 0.167. The molecule has 1 aromatic carbocycles. The van der Waals surface area contributed by atoms with Crippen molar-refractivity contribution in [1.29, 1.82) is 0 Å². The summed E-state index contributed by atoms with van der Waals surface area (Å²) in [6.45, 7) is 0.632. The first-order chi connectivity index (χ1) is 11.7. The van der Waals surface area contributed by atoms with Crippen LogP contribution in [0, 0.1) is 0 Å². The number of aromatic nitrogens is 2. The second-order valence-corrected chi connectivity index (χ2v) is 5.37. The smallest absolute Gasteiger partial charge is 0.309 e. The van der Waals surface area contributed by atoms with Crippen LogP contribution in [0.5, 0.6) is 0 Å². The molecule has 0 radical (unpaired) electrons. The Balaban J connectivity index is 1.46. The predicted molar refractivity (Wildman–Crippen MR) is 91.1 cm³/mol. The first-order valence-electron chi connectivity index (χ1n) is 7.75. The molecule has 2 amide bonds. The lowest BCUT2D eigenvalue weighted by atomic mass is 10.1. The van der Waals surface area contributed by atoms with E-state index in [4.69, 9.17) is 0 Å². The van der Waals surface area contributed by atoms with Gasteiger partial charge in [-0.2, -0.15) is 0 Å². The lowest BCUT2D eigenvalue weighted by molar-refractivity contribution is -0.139. The largest absolute Gasteiger partial charge is 0.361 e. The van der Waals surface area contributed by atoms with Crippen LogP contribution in [-0.2, 0) is 22.6 Å². The van der Waals surface area contributed by atoms with Crippen molar-refractivity contribution in [3.8, 4) is 0 Å². The molecule has 0 atom stereocenters. The Kier molecular flexibility index (Phi) is 4.86. The van der Waals surface area contributed by atoms with E-state index in [1.54, 1.807) is 18.3 Å². The average molecular weight is 322 g/mol. The van der Waals surface area contributed by atoms with Gasteiger partial charge in [0.15, 0.2) is 0 Å². The van der Waals surface area contributed by atoms with Crippen LogP contribution in [0.1, 0.15) is 11.3 Å². The highest BCUT2D eigenvalue weighted by molar-refractivity contribution is 6.35. The number of benzene rings is 1. The van der Waals surface area contributed by atoms with Gasteiger partial charge in [-0.25, -0.2) is 0 Å². The molecule has 2 heterocycles. The zero-order valence-electron chi connectivity index (χ0n) is 13.1. The van der Waals surface area contributed by atoms with Crippen LogP contribution in [0.4, 0.5) is 0 Å². The summed E-state index contributed by atoms with van der Waals surface area (Å²) in [5.74, 6) is -1.29. The Bertz CT molecular complexity index is 842. The molecular weight excluding hydrogens is 304 g/mol. The van der Waals surface area contributed by atoms with Crippen LogP contribution in [0.25, 0.3) is 10.9 Å². The van der Waals surface area contributed by atoms with Crippen LogP contribution in [0.3, 0.4) is 0 Å². The van der Waals surface area contributed by atoms with Crippen molar-refractivity contribution in [3.05, 3.63) is 66.1 Å². The third kappa shape index (κ3) is 3.78. The monoisotopic (exact) mass is 322 g/mol. The lowest BCUT2D eigenvalue weighted by Crippen LogP contribution is -2.40. The molecule has 0 saturated carbocycles. The van der Waals surface area contributed by atoms with Crippen molar-refractivity contribution in [2.45, 2.75) is 13.0 Å². The fourth-order valence-electron chi connectivity index (χ4n) is 2.48. The minimum absolute atomic E-state index is 0.232. The van der Waals surface area contributed by atoms with E-state index >= 15 is 0 Å². The number of H-pyrrole nitrogens is 1. The maximum absolute atomic E-state index is 11.8. The van der Waals surface area contributed by atoms with Gasteiger partial charge in [-0.05, 0) is 30.2 Å². The van der Waals surface area contributed by atoms with Crippen molar-refractivity contribution >= 4 is 22.7 Å². The zero-order chi connectivity index (χ0) is 16.8. The number of carbonyl (C=O) groups is 2. The molecule has 122 valence electrons. The van der Waals surface area contributed by atoms with Crippen molar-refractivity contribution in [2.24, 2.45) is 0 Å². The number of para-hydroxylation sites is 1. The quantitative estimate of drug-likeness (QED) is 0.623. The van der Waals surface area contributed by atoms with Gasteiger partial charge in [-0.15, -0.1) is 0 Å². The molecular formula is C18H18N4O2. The van der Waals surface area contributed by atoms with Crippen LogP contribution < -0.4 is 10.6 Å². The average Bonchev–Trinajstić information content (AvgIpc) is 3.04. The summed E-state index contributed by atoms with van der Waals surface area (Å²) in [5, 5.41) is 6.32. The van der Waals surface area contributed by atoms with Crippen molar-refractivity contribution in [3.63, 3.8) is 0 Å². The molecule has 0 fully saturated rings. The molecule has 0 spiro atoms. The lowest BCUT2D eigenvalue weighted by Gasteiger charge is -2.06. The summed E-state index contributed by atoms with van der Waals surface area (Å²) in [5.41, 5.74) is 2.88. The number of hydrogen-bond acceptors (Lipinski definition) is 3. The highest BCUT2D eigenvalue weighted by atomic mass is 16.2. The summed E-state index contributed by atoms with van der Waals surface area (Å²) < 4.78 is 0. The number of amides is 2. The first-order valence-corrected chi connectivity index (χ1v) is 7.75. The molecule has 6 heteroatoms.